The van der Waals surface area contributed by atoms with Gasteiger partial charge in [-0.25, -0.2) is 0 Å². The summed E-state index contributed by atoms with van der Waals surface area (Å²) >= 11 is 0. The van der Waals surface area contributed by atoms with Gasteiger partial charge >= 0.3 is 0 Å². The number of aliphatic hydroxyl groups is 1. The number of rotatable bonds is 3. The average molecular weight is 159 g/mol. The molecule has 0 heterocycles. The fourth-order valence-electron chi connectivity index (χ4n) is 0.476. The first-order valence-corrected chi connectivity index (χ1v) is 3.33. The number of carbonyl (C=O) groups excluding carboxylic acids is 2. The highest BCUT2D eigenvalue weighted by atomic mass is 16.3. The van der Waals surface area contributed by atoms with Crippen LogP contribution in [0.3, 0.4) is 0 Å². The molecular weight excluding hydrogens is 146 g/mol. The van der Waals surface area contributed by atoms with E-state index in [2.05, 4.69) is 5.32 Å². The fraction of sp³-hybridized carbons (Fsp3) is 0.714. The Hall–Kier alpha value is -0.900. The molecule has 0 bridgehead atoms. The largest absolute Gasteiger partial charge is 0.387 e. The molecule has 0 rings (SSSR count). The second-order valence-electron chi connectivity index (χ2n) is 2.89. The van der Waals surface area contributed by atoms with Crippen LogP contribution < -0.4 is 5.32 Å². The number of Topliss-reactive ketones (excluding diaryl/α,β-unsaturated/α-hetero) is 1. The molecule has 0 radical (unpaired) electrons. The molecule has 0 aromatic heterocycles. The van der Waals surface area contributed by atoms with Crippen LogP contribution in [0.1, 0.15) is 20.8 Å². The Morgan fingerprint density at radius 2 is 1.91 bits per heavy atom. The zero-order valence-electron chi connectivity index (χ0n) is 6.97. The van der Waals surface area contributed by atoms with Crippen molar-refractivity contribution in [2.24, 2.45) is 0 Å². The lowest BCUT2D eigenvalue weighted by atomic mass is 10.0. The predicted molar refractivity (Wildman–Crippen MR) is 40.0 cm³/mol. The number of amides is 1. The Balaban J connectivity index is 4.12. The van der Waals surface area contributed by atoms with E-state index in [1.165, 1.54) is 6.92 Å². The molecule has 4 nitrogen and oxygen atoms in total. The minimum absolute atomic E-state index is 0.140. The first-order valence-electron chi connectivity index (χ1n) is 3.33. The third-order valence-corrected chi connectivity index (χ3v) is 1.48. The van der Waals surface area contributed by atoms with Gasteiger partial charge in [0.05, 0.1) is 5.54 Å². The van der Waals surface area contributed by atoms with Crippen LogP contribution >= 0.6 is 0 Å². The minimum Gasteiger partial charge on any atom is -0.387 e. The summed E-state index contributed by atoms with van der Waals surface area (Å²) in [5.41, 5.74) is -0.875. The van der Waals surface area contributed by atoms with Crippen LogP contribution in [-0.4, -0.2) is 28.9 Å². The molecule has 4 heteroatoms. The van der Waals surface area contributed by atoms with Crippen molar-refractivity contribution in [3.8, 4) is 0 Å². The van der Waals surface area contributed by atoms with E-state index in [4.69, 9.17) is 5.11 Å². The van der Waals surface area contributed by atoms with Crippen LogP contribution in [-0.2, 0) is 9.59 Å². The molecule has 0 fully saturated rings. The van der Waals surface area contributed by atoms with Gasteiger partial charge in [0.2, 0.25) is 5.91 Å². The van der Waals surface area contributed by atoms with E-state index in [9.17, 15) is 9.59 Å². The maximum atomic E-state index is 10.8. The van der Waals surface area contributed by atoms with Crippen molar-refractivity contribution in [3.05, 3.63) is 0 Å². The summed E-state index contributed by atoms with van der Waals surface area (Å²) < 4.78 is 0. The third-order valence-electron chi connectivity index (χ3n) is 1.48. The molecule has 0 aliphatic rings. The highest BCUT2D eigenvalue weighted by Crippen LogP contribution is 2.02. The number of hydrogen-bond donors (Lipinski definition) is 2. The number of aliphatic hydroxyl groups excluding tert-OH is 1. The molecule has 0 spiro atoms. The number of nitrogens with one attached hydrogen (secondary N) is 1. The van der Waals surface area contributed by atoms with E-state index in [-0.39, 0.29) is 5.78 Å². The lowest BCUT2D eigenvalue weighted by Crippen LogP contribution is -2.49. The van der Waals surface area contributed by atoms with E-state index >= 15 is 0 Å². The van der Waals surface area contributed by atoms with E-state index in [0.717, 1.165) is 0 Å². The van der Waals surface area contributed by atoms with E-state index in [1.807, 2.05) is 0 Å². The molecule has 0 saturated carbocycles. The van der Waals surface area contributed by atoms with Gasteiger partial charge in [-0.1, -0.05) is 0 Å². The van der Waals surface area contributed by atoms with Crippen LogP contribution in [0.25, 0.3) is 0 Å². The average Bonchev–Trinajstić information content (AvgIpc) is 1.86. The molecule has 0 aliphatic heterocycles. The highest BCUT2D eigenvalue weighted by Gasteiger charge is 2.24. The highest BCUT2D eigenvalue weighted by molar-refractivity contribution is 5.90. The molecule has 0 unspecified atom stereocenters. The van der Waals surface area contributed by atoms with Gasteiger partial charge in [-0.15, -0.1) is 0 Å². The Labute approximate surface area is 65.6 Å². The Morgan fingerprint density at radius 1 is 1.45 bits per heavy atom. The molecule has 0 saturated heterocycles. The number of ketones is 1. The summed E-state index contributed by atoms with van der Waals surface area (Å²) in [6.45, 7) is 3.97. The van der Waals surface area contributed by atoms with Crippen molar-refractivity contribution in [1.29, 1.82) is 0 Å². The monoisotopic (exact) mass is 159 g/mol. The number of carbonyl (C=O) groups is 2. The van der Waals surface area contributed by atoms with Crippen LogP contribution in [0.15, 0.2) is 0 Å². The van der Waals surface area contributed by atoms with Gasteiger partial charge in [0.15, 0.2) is 5.78 Å². The van der Waals surface area contributed by atoms with Crippen molar-refractivity contribution in [1.82, 2.24) is 5.32 Å². The van der Waals surface area contributed by atoms with Gasteiger partial charge in [-0.2, -0.15) is 0 Å². The van der Waals surface area contributed by atoms with Gasteiger partial charge < -0.3 is 10.4 Å². The molecule has 1 amide bonds. The van der Waals surface area contributed by atoms with Crippen molar-refractivity contribution >= 4 is 11.7 Å². The summed E-state index contributed by atoms with van der Waals surface area (Å²) in [7, 11) is 0. The Morgan fingerprint density at radius 3 is 2.18 bits per heavy atom. The van der Waals surface area contributed by atoms with Crippen molar-refractivity contribution in [3.63, 3.8) is 0 Å². The molecule has 0 atom stereocenters. The smallest absolute Gasteiger partial charge is 0.246 e. The normalized spacial score (nSPS) is 10.9. The third kappa shape index (κ3) is 3.13. The minimum atomic E-state index is -0.875. The quantitative estimate of drug-likeness (QED) is 0.581. The zero-order chi connectivity index (χ0) is 9.07. The van der Waals surface area contributed by atoms with E-state index < -0.39 is 18.1 Å². The lowest BCUT2D eigenvalue weighted by molar-refractivity contribution is -0.131. The second-order valence-corrected chi connectivity index (χ2v) is 2.89. The first kappa shape index (κ1) is 10.1. The van der Waals surface area contributed by atoms with Crippen LogP contribution in [0.5, 0.6) is 0 Å². The van der Waals surface area contributed by atoms with E-state index in [1.54, 1.807) is 13.8 Å². The van der Waals surface area contributed by atoms with Crippen LogP contribution in [0, 0.1) is 0 Å². The molecule has 0 aliphatic carbocycles. The fourth-order valence-corrected chi connectivity index (χ4v) is 0.476. The molecular formula is C7H13NO3. The maximum Gasteiger partial charge on any atom is 0.246 e. The van der Waals surface area contributed by atoms with Gasteiger partial charge in [0.1, 0.15) is 6.61 Å². The summed E-state index contributed by atoms with van der Waals surface area (Å²) in [6.07, 6.45) is 0. The molecule has 2 N–H and O–H groups in total. The zero-order valence-corrected chi connectivity index (χ0v) is 6.97. The van der Waals surface area contributed by atoms with Gasteiger partial charge in [-0.3, -0.25) is 9.59 Å². The van der Waals surface area contributed by atoms with Gasteiger partial charge in [0, 0.05) is 0 Å². The van der Waals surface area contributed by atoms with Crippen LogP contribution in [0.2, 0.25) is 0 Å². The Kier molecular flexibility index (Phi) is 3.19. The summed E-state index contributed by atoms with van der Waals surface area (Å²) in [5, 5.41) is 10.7. The predicted octanol–water partition coefficient (Wildman–Crippen LogP) is -0.538. The second kappa shape index (κ2) is 3.48. The van der Waals surface area contributed by atoms with Gasteiger partial charge in [0.25, 0.3) is 0 Å². The Bertz CT molecular complexity index is 175. The summed E-state index contributed by atoms with van der Waals surface area (Å²) in [4.78, 5) is 21.4. The number of hydrogen-bond acceptors (Lipinski definition) is 3. The summed E-state index contributed by atoms with van der Waals surface area (Å²) in [6, 6.07) is 0. The molecule has 0 aromatic rings. The van der Waals surface area contributed by atoms with Crippen molar-refractivity contribution in [2.75, 3.05) is 6.61 Å². The summed E-state index contributed by atoms with van der Waals surface area (Å²) in [5.74, 6) is -0.676. The van der Waals surface area contributed by atoms with E-state index in [0.29, 0.717) is 0 Å². The standard InChI is InChI=1S/C7H13NO3/c1-5(10)7(2,3)8-6(11)4-9/h9H,4H2,1-3H3,(H,8,11). The molecule has 0 aromatic carbocycles. The van der Waals surface area contributed by atoms with Crippen LogP contribution in [0.4, 0.5) is 0 Å². The topological polar surface area (TPSA) is 66.4 Å². The molecule has 11 heavy (non-hydrogen) atoms. The maximum absolute atomic E-state index is 10.8. The van der Waals surface area contributed by atoms with Crippen molar-refractivity contribution < 1.29 is 14.7 Å². The SMILES string of the molecule is CC(=O)C(C)(C)NC(=O)CO. The van der Waals surface area contributed by atoms with Gasteiger partial charge in [-0.05, 0) is 20.8 Å². The first-order chi connectivity index (χ1) is 4.90. The van der Waals surface area contributed by atoms with Crippen molar-refractivity contribution in [2.45, 2.75) is 26.3 Å². The lowest BCUT2D eigenvalue weighted by Gasteiger charge is -2.22. The molecule has 64 valence electrons.